The van der Waals surface area contributed by atoms with E-state index < -0.39 is 11.5 Å². The van der Waals surface area contributed by atoms with Crippen LogP contribution in [0.2, 0.25) is 5.02 Å². The zero-order valence-electron chi connectivity index (χ0n) is 12.8. The highest BCUT2D eigenvalue weighted by atomic mass is 35.5. The van der Waals surface area contributed by atoms with Crippen LogP contribution in [0.25, 0.3) is 6.08 Å². The van der Waals surface area contributed by atoms with Gasteiger partial charge in [0, 0.05) is 16.1 Å². The smallest absolute Gasteiger partial charge is 0.346 e. The Balaban J connectivity index is 2.39. The Hall–Kier alpha value is -2.97. The summed E-state index contributed by atoms with van der Waals surface area (Å²) in [4.78, 5) is 11.0. The number of methoxy groups -OCH3 is 1. The first kappa shape index (κ1) is 17.4. The van der Waals surface area contributed by atoms with E-state index in [0.29, 0.717) is 22.1 Å². The largest absolute Gasteiger partial charge is 0.493 e. The van der Waals surface area contributed by atoms with Gasteiger partial charge >= 0.3 is 5.97 Å². The minimum Gasteiger partial charge on any atom is -0.493 e. The predicted octanol–water partition coefficient (Wildman–Crippen LogP) is 3.92. The number of ether oxygens (including phenoxy) is 2. The third kappa shape index (κ3) is 4.06. The van der Waals surface area contributed by atoms with Gasteiger partial charge in [-0.15, -0.1) is 0 Å². The van der Waals surface area contributed by atoms with E-state index in [4.69, 9.17) is 31.4 Å². The molecule has 0 aliphatic carbocycles. The van der Waals surface area contributed by atoms with Gasteiger partial charge in [0.1, 0.15) is 18.2 Å². The van der Waals surface area contributed by atoms with Crippen LogP contribution >= 0.6 is 11.6 Å². The summed E-state index contributed by atoms with van der Waals surface area (Å²) in [6.07, 6.45) is 1.24. The summed E-state index contributed by atoms with van der Waals surface area (Å²) in [5, 5.41) is 18.5. The first-order valence-electron chi connectivity index (χ1n) is 6.95. The molecule has 5 nitrogen and oxygen atoms in total. The maximum absolute atomic E-state index is 11.0. The van der Waals surface area contributed by atoms with Gasteiger partial charge in [0.25, 0.3) is 0 Å². The standard InChI is InChI=1S/C18H14ClNO4/c1-23-16-8-4-6-12(9-14(10-20)18(21)22)17(16)24-11-13-5-2-3-7-15(13)19/h2-9H,11H2,1H3,(H,21,22). The molecule has 0 radical (unpaired) electrons. The molecule has 0 amide bonds. The molecule has 122 valence electrons. The number of halogens is 1. The van der Waals surface area contributed by atoms with Gasteiger partial charge in [-0.2, -0.15) is 5.26 Å². The molecule has 24 heavy (non-hydrogen) atoms. The minimum absolute atomic E-state index is 0.176. The van der Waals surface area contributed by atoms with Crippen LogP contribution in [0.4, 0.5) is 0 Å². The van der Waals surface area contributed by atoms with Crippen molar-refractivity contribution in [1.82, 2.24) is 0 Å². The first-order valence-corrected chi connectivity index (χ1v) is 7.33. The number of rotatable bonds is 6. The molecule has 0 spiro atoms. The summed E-state index contributed by atoms with van der Waals surface area (Å²) in [6.45, 7) is 0.176. The molecule has 0 fully saturated rings. The second-order valence-corrected chi connectivity index (χ2v) is 5.14. The lowest BCUT2D eigenvalue weighted by molar-refractivity contribution is -0.132. The van der Waals surface area contributed by atoms with Crippen molar-refractivity contribution in [3.05, 3.63) is 64.2 Å². The van der Waals surface area contributed by atoms with Crippen LogP contribution in [-0.2, 0) is 11.4 Å². The van der Waals surface area contributed by atoms with Gasteiger partial charge in [-0.3, -0.25) is 0 Å². The average molecular weight is 344 g/mol. The normalized spacial score (nSPS) is 10.8. The molecular weight excluding hydrogens is 330 g/mol. The minimum atomic E-state index is -1.31. The monoisotopic (exact) mass is 343 g/mol. The van der Waals surface area contributed by atoms with Crippen LogP contribution in [0, 0.1) is 11.3 Å². The summed E-state index contributed by atoms with van der Waals surface area (Å²) >= 11 is 6.11. The van der Waals surface area contributed by atoms with E-state index in [0.717, 1.165) is 5.56 Å². The molecular formula is C18H14ClNO4. The number of carboxylic acid groups (broad SMARTS) is 1. The number of nitrogens with zero attached hydrogens (tertiary/aromatic N) is 1. The van der Waals surface area contributed by atoms with Crippen LogP contribution < -0.4 is 9.47 Å². The summed E-state index contributed by atoms with van der Waals surface area (Å²) in [7, 11) is 1.48. The maximum Gasteiger partial charge on any atom is 0.346 e. The van der Waals surface area contributed by atoms with Crippen molar-refractivity contribution in [3.63, 3.8) is 0 Å². The fourth-order valence-electron chi connectivity index (χ4n) is 2.02. The van der Waals surface area contributed by atoms with Crippen molar-refractivity contribution in [3.8, 4) is 17.6 Å². The average Bonchev–Trinajstić information content (AvgIpc) is 2.58. The van der Waals surface area contributed by atoms with E-state index in [2.05, 4.69) is 0 Å². The third-order valence-corrected chi connectivity index (χ3v) is 3.58. The van der Waals surface area contributed by atoms with Crippen molar-refractivity contribution in [2.45, 2.75) is 6.61 Å². The number of nitriles is 1. The van der Waals surface area contributed by atoms with E-state index in [-0.39, 0.29) is 6.61 Å². The van der Waals surface area contributed by atoms with Gasteiger partial charge in [0.05, 0.1) is 7.11 Å². The Kier molecular flexibility index (Phi) is 5.83. The number of carboxylic acids is 1. The van der Waals surface area contributed by atoms with Crippen molar-refractivity contribution in [2.24, 2.45) is 0 Å². The van der Waals surface area contributed by atoms with E-state index >= 15 is 0 Å². The Labute approximate surface area is 144 Å². The Morgan fingerprint density at radius 3 is 2.67 bits per heavy atom. The number of carbonyl (C=O) groups is 1. The lowest BCUT2D eigenvalue weighted by Crippen LogP contribution is -2.02. The molecule has 2 rings (SSSR count). The second kappa shape index (κ2) is 8.04. The van der Waals surface area contributed by atoms with Gasteiger partial charge in [-0.05, 0) is 18.2 Å². The highest BCUT2D eigenvalue weighted by Crippen LogP contribution is 2.33. The topological polar surface area (TPSA) is 79.5 Å². The summed E-state index contributed by atoms with van der Waals surface area (Å²) in [6, 6.07) is 13.9. The van der Waals surface area contributed by atoms with Crippen molar-refractivity contribution in [2.75, 3.05) is 7.11 Å². The molecule has 1 N–H and O–H groups in total. The van der Waals surface area contributed by atoms with Gasteiger partial charge in [-0.1, -0.05) is 41.9 Å². The van der Waals surface area contributed by atoms with E-state index in [1.807, 2.05) is 18.2 Å². The van der Waals surface area contributed by atoms with Crippen LogP contribution in [0.15, 0.2) is 48.0 Å². The van der Waals surface area contributed by atoms with E-state index in [1.165, 1.54) is 13.2 Å². The Morgan fingerprint density at radius 2 is 2.04 bits per heavy atom. The molecule has 0 heterocycles. The van der Waals surface area contributed by atoms with Crippen molar-refractivity contribution < 1.29 is 19.4 Å². The maximum atomic E-state index is 11.0. The predicted molar refractivity (Wildman–Crippen MR) is 90.0 cm³/mol. The molecule has 2 aromatic rings. The summed E-state index contributed by atoms with van der Waals surface area (Å²) in [5.41, 5.74) is 0.810. The molecule has 0 aliphatic rings. The number of hydrogen-bond donors (Lipinski definition) is 1. The highest BCUT2D eigenvalue weighted by Gasteiger charge is 2.13. The summed E-state index contributed by atoms with van der Waals surface area (Å²) < 4.78 is 11.1. The lowest BCUT2D eigenvalue weighted by Gasteiger charge is -2.14. The molecule has 6 heteroatoms. The molecule has 0 bridgehead atoms. The SMILES string of the molecule is COc1cccc(C=C(C#N)C(=O)O)c1OCc1ccccc1Cl. The molecule has 0 aliphatic heterocycles. The Bertz CT molecular complexity index is 824. The van der Waals surface area contributed by atoms with Gasteiger partial charge in [0.15, 0.2) is 11.5 Å². The third-order valence-electron chi connectivity index (χ3n) is 3.21. The zero-order valence-corrected chi connectivity index (χ0v) is 13.6. The zero-order chi connectivity index (χ0) is 17.5. The van der Waals surface area contributed by atoms with E-state index in [9.17, 15) is 4.79 Å². The number of benzene rings is 2. The van der Waals surface area contributed by atoms with Gasteiger partial charge < -0.3 is 14.6 Å². The van der Waals surface area contributed by atoms with Gasteiger partial charge in [-0.25, -0.2) is 4.79 Å². The lowest BCUT2D eigenvalue weighted by atomic mass is 10.1. The number of aliphatic carboxylic acids is 1. The van der Waals surface area contributed by atoms with Crippen molar-refractivity contribution in [1.29, 1.82) is 5.26 Å². The first-order chi connectivity index (χ1) is 11.6. The molecule has 2 aromatic carbocycles. The molecule has 0 aromatic heterocycles. The van der Waals surface area contributed by atoms with Crippen LogP contribution in [0.5, 0.6) is 11.5 Å². The summed E-state index contributed by atoms with van der Waals surface area (Å²) in [5.74, 6) is -0.537. The van der Waals surface area contributed by atoms with E-state index in [1.54, 1.807) is 30.3 Å². The molecule has 0 saturated heterocycles. The quantitative estimate of drug-likeness (QED) is 0.635. The van der Waals surface area contributed by atoms with Crippen LogP contribution in [0.3, 0.4) is 0 Å². The Morgan fingerprint density at radius 1 is 1.29 bits per heavy atom. The van der Waals surface area contributed by atoms with Crippen LogP contribution in [-0.4, -0.2) is 18.2 Å². The number of para-hydroxylation sites is 1. The molecule has 0 unspecified atom stereocenters. The van der Waals surface area contributed by atoms with Crippen LogP contribution in [0.1, 0.15) is 11.1 Å². The second-order valence-electron chi connectivity index (χ2n) is 4.73. The fraction of sp³-hybridized carbons (Fsp3) is 0.111. The fourth-order valence-corrected chi connectivity index (χ4v) is 2.21. The molecule has 0 atom stereocenters. The molecule has 0 saturated carbocycles. The van der Waals surface area contributed by atoms with Gasteiger partial charge in [0.2, 0.25) is 0 Å². The van der Waals surface area contributed by atoms with Crippen molar-refractivity contribution >= 4 is 23.6 Å². The number of hydrogen-bond acceptors (Lipinski definition) is 4. The highest BCUT2D eigenvalue weighted by molar-refractivity contribution is 6.31.